The number of aryl methyl sites for hydroxylation is 1. The van der Waals surface area contributed by atoms with E-state index in [1.165, 1.54) is 0 Å². The highest BCUT2D eigenvalue weighted by molar-refractivity contribution is 5.89. The third-order valence-electron chi connectivity index (χ3n) is 5.71. The molecule has 0 spiro atoms. The molecule has 0 N–H and O–H groups in total. The molecule has 1 aromatic carbocycles. The van der Waals surface area contributed by atoms with E-state index in [-0.39, 0.29) is 30.2 Å². The van der Waals surface area contributed by atoms with Crippen LogP contribution in [-0.4, -0.2) is 55.0 Å². The Morgan fingerprint density at radius 1 is 1.19 bits per heavy atom. The van der Waals surface area contributed by atoms with E-state index in [4.69, 9.17) is 13.9 Å². The molecule has 0 radical (unpaired) electrons. The summed E-state index contributed by atoms with van der Waals surface area (Å²) >= 11 is 0. The summed E-state index contributed by atoms with van der Waals surface area (Å²) in [6.45, 7) is 7.29. The molecular formula is C24H32N2O5. The highest BCUT2D eigenvalue weighted by Gasteiger charge is 2.37. The maximum absolute atomic E-state index is 13.2. The van der Waals surface area contributed by atoms with Crippen molar-refractivity contribution in [2.45, 2.75) is 46.2 Å². The fourth-order valence-electron chi connectivity index (χ4n) is 3.94. The zero-order valence-electron chi connectivity index (χ0n) is 19.0. The molecule has 1 atom stereocenters. The molecular weight excluding hydrogens is 396 g/mol. The molecule has 2 heterocycles. The molecule has 7 nitrogen and oxygen atoms in total. The van der Waals surface area contributed by atoms with Crippen LogP contribution >= 0.6 is 0 Å². The summed E-state index contributed by atoms with van der Waals surface area (Å²) < 4.78 is 16.3. The molecule has 3 rings (SSSR count). The number of ether oxygens (including phenoxy) is 2. The summed E-state index contributed by atoms with van der Waals surface area (Å²) in [6, 6.07) is 9.57. The lowest BCUT2D eigenvalue weighted by Crippen LogP contribution is -2.41. The van der Waals surface area contributed by atoms with Crippen molar-refractivity contribution < 1.29 is 23.5 Å². The van der Waals surface area contributed by atoms with Crippen molar-refractivity contribution >= 4 is 11.8 Å². The van der Waals surface area contributed by atoms with E-state index in [1.807, 2.05) is 51.1 Å². The number of hydrogen-bond acceptors (Lipinski definition) is 5. The summed E-state index contributed by atoms with van der Waals surface area (Å²) in [5, 5.41) is 0. The van der Waals surface area contributed by atoms with Crippen LogP contribution in [0.5, 0.6) is 11.5 Å². The average molecular weight is 429 g/mol. The molecule has 1 aliphatic rings. The number of furan rings is 1. The first-order chi connectivity index (χ1) is 14.8. The Morgan fingerprint density at radius 2 is 1.94 bits per heavy atom. The lowest BCUT2D eigenvalue weighted by Gasteiger charge is -2.28. The quantitative estimate of drug-likeness (QED) is 0.612. The van der Waals surface area contributed by atoms with Crippen molar-refractivity contribution in [1.82, 2.24) is 9.80 Å². The van der Waals surface area contributed by atoms with Crippen LogP contribution in [0.2, 0.25) is 0 Å². The predicted octanol–water partition coefficient (Wildman–Crippen LogP) is 3.43. The Kier molecular flexibility index (Phi) is 7.25. The smallest absolute Gasteiger partial charge is 0.228 e. The molecule has 0 aliphatic carbocycles. The van der Waals surface area contributed by atoms with E-state index in [2.05, 4.69) is 0 Å². The van der Waals surface area contributed by atoms with Crippen molar-refractivity contribution in [3.8, 4) is 11.5 Å². The molecule has 7 heteroatoms. The molecule has 2 amide bonds. The molecule has 1 saturated heterocycles. The van der Waals surface area contributed by atoms with Gasteiger partial charge in [0, 0.05) is 25.6 Å². The van der Waals surface area contributed by atoms with Crippen LogP contribution in [0.3, 0.4) is 0 Å². The number of likely N-dealkylation sites (tertiary alicyclic amines) is 1. The number of carbonyl (C=O) groups excluding carboxylic acids is 2. The minimum atomic E-state index is -0.323. The number of nitrogens with zero attached hydrogens (tertiary/aromatic N) is 2. The Balaban J connectivity index is 1.61. The minimum absolute atomic E-state index is 0.00557. The highest BCUT2D eigenvalue weighted by Crippen LogP contribution is 2.28. The van der Waals surface area contributed by atoms with Crippen LogP contribution in [0.15, 0.2) is 34.7 Å². The van der Waals surface area contributed by atoms with Gasteiger partial charge < -0.3 is 23.7 Å². The van der Waals surface area contributed by atoms with Gasteiger partial charge in [-0.3, -0.25) is 9.59 Å². The van der Waals surface area contributed by atoms with Crippen molar-refractivity contribution in [1.29, 1.82) is 0 Å². The van der Waals surface area contributed by atoms with Crippen molar-refractivity contribution in [2.24, 2.45) is 5.92 Å². The van der Waals surface area contributed by atoms with Crippen LogP contribution in [-0.2, 0) is 22.6 Å². The van der Waals surface area contributed by atoms with Gasteiger partial charge in [-0.05, 0) is 57.0 Å². The van der Waals surface area contributed by atoms with Gasteiger partial charge in [0.1, 0.15) is 11.5 Å². The third kappa shape index (κ3) is 5.40. The van der Waals surface area contributed by atoms with Gasteiger partial charge in [-0.1, -0.05) is 6.07 Å². The standard InChI is InChI=1S/C24H32N2O5/c1-16(2)26(15-20-8-6-17(3)31-20)24(28)19-13-23(27)25(14-19)11-10-18-7-9-21(29-4)22(12-18)30-5/h6-9,12,16,19H,10-11,13-15H2,1-5H3. The van der Waals surface area contributed by atoms with Gasteiger partial charge in [0.15, 0.2) is 11.5 Å². The number of amides is 2. The second-order valence-electron chi connectivity index (χ2n) is 8.25. The number of benzene rings is 1. The predicted molar refractivity (Wildman–Crippen MR) is 117 cm³/mol. The van der Waals surface area contributed by atoms with Gasteiger partial charge in [0.05, 0.1) is 26.7 Å². The first-order valence-corrected chi connectivity index (χ1v) is 10.7. The highest BCUT2D eigenvalue weighted by atomic mass is 16.5. The molecule has 168 valence electrons. The van der Waals surface area contributed by atoms with Crippen LogP contribution in [0.1, 0.15) is 37.4 Å². The second-order valence-corrected chi connectivity index (χ2v) is 8.25. The van der Waals surface area contributed by atoms with Gasteiger partial charge in [-0.25, -0.2) is 0 Å². The normalized spacial score (nSPS) is 16.1. The number of hydrogen-bond donors (Lipinski definition) is 0. The summed E-state index contributed by atoms with van der Waals surface area (Å²) in [5.41, 5.74) is 1.05. The summed E-state index contributed by atoms with van der Waals surface area (Å²) in [7, 11) is 3.21. The molecule has 31 heavy (non-hydrogen) atoms. The van der Waals surface area contributed by atoms with E-state index >= 15 is 0 Å². The molecule has 1 aliphatic heterocycles. The van der Waals surface area contributed by atoms with Gasteiger partial charge in [0.25, 0.3) is 0 Å². The van der Waals surface area contributed by atoms with E-state index in [1.54, 1.807) is 24.0 Å². The van der Waals surface area contributed by atoms with Crippen molar-refractivity contribution in [3.63, 3.8) is 0 Å². The molecule has 0 bridgehead atoms. The summed E-state index contributed by atoms with van der Waals surface area (Å²) in [4.78, 5) is 29.4. The van der Waals surface area contributed by atoms with Crippen LogP contribution in [0, 0.1) is 12.8 Å². The van der Waals surface area contributed by atoms with Crippen molar-refractivity contribution in [3.05, 3.63) is 47.4 Å². The molecule has 0 saturated carbocycles. The van der Waals surface area contributed by atoms with E-state index in [9.17, 15) is 9.59 Å². The van der Waals surface area contributed by atoms with Crippen LogP contribution < -0.4 is 9.47 Å². The average Bonchev–Trinajstić information content (AvgIpc) is 3.34. The molecule has 1 aromatic heterocycles. The van der Waals surface area contributed by atoms with Gasteiger partial charge >= 0.3 is 0 Å². The van der Waals surface area contributed by atoms with E-state index < -0.39 is 0 Å². The minimum Gasteiger partial charge on any atom is -0.493 e. The second kappa shape index (κ2) is 9.90. The number of methoxy groups -OCH3 is 2. The summed E-state index contributed by atoms with van der Waals surface area (Å²) in [6.07, 6.45) is 0.942. The van der Waals surface area contributed by atoms with Crippen LogP contribution in [0.4, 0.5) is 0 Å². The molecule has 1 fully saturated rings. The van der Waals surface area contributed by atoms with Gasteiger partial charge in [0.2, 0.25) is 11.8 Å². The first kappa shape index (κ1) is 22.7. The monoisotopic (exact) mass is 428 g/mol. The van der Waals surface area contributed by atoms with Crippen molar-refractivity contribution in [2.75, 3.05) is 27.3 Å². The Morgan fingerprint density at radius 3 is 2.55 bits per heavy atom. The van der Waals surface area contributed by atoms with E-state index in [0.717, 1.165) is 17.1 Å². The SMILES string of the molecule is COc1ccc(CCN2CC(C(=O)N(Cc3ccc(C)o3)C(C)C)CC2=O)cc1OC. The third-order valence-corrected chi connectivity index (χ3v) is 5.71. The zero-order valence-corrected chi connectivity index (χ0v) is 19.0. The molecule has 2 aromatic rings. The number of rotatable bonds is 9. The van der Waals surface area contributed by atoms with Crippen LogP contribution in [0.25, 0.3) is 0 Å². The summed E-state index contributed by atoms with van der Waals surface area (Å²) in [5.74, 6) is 2.63. The zero-order chi connectivity index (χ0) is 22.5. The Labute approximate surface area is 183 Å². The Bertz CT molecular complexity index is 920. The van der Waals surface area contributed by atoms with Gasteiger partial charge in [-0.15, -0.1) is 0 Å². The lowest BCUT2D eigenvalue weighted by molar-refractivity contribution is -0.138. The Hall–Kier alpha value is -2.96. The molecule has 1 unspecified atom stereocenters. The maximum atomic E-state index is 13.2. The fraction of sp³-hybridized carbons (Fsp3) is 0.500. The van der Waals surface area contributed by atoms with Gasteiger partial charge in [-0.2, -0.15) is 0 Å². The largest absolute Gasteiger partial charge is 0.493 e. The number of carbonyl (C=O) groups is 2. The first-order valence-electron chi connectivity index (χ1n) is 10.7. The maximum Gasteiger partial charge on any atom is 0.228 e. The van der Waals surface area contributed by atoms with E-state index in [0.29, 0.717) is 37.6 Å². The topological polar surface area (TPSA) is 72.2 Å². The lowest BCUT2D eigenvalue weighted by atomic mass is 10.1. The fourth-order valence-corrected chi connectivity index (χ4v) is 3.94.